The third kappa shape index (κ3) is 25.6. The van der Waals surface area contributed by atoms with E-state index in [0.29, 0.717) is 25.7 Å². The number of hydrogen-bond donors (Lipinski definition) is 0. The molecule has 0 aromatic rings. The largest absolute Gasteiger partial charge is 0.679 e. The predicted molar refractivity (Wildman–Crippen MR) is 148 cm³/mol. The van der Waals surface area contributed by atoms with Gasteiger partial charge in [0.25, 0.3) is 0 Å². The van der Waals surface area contributed by atoms with Crippen LogP contribution in [-0.4, -0.2) is 50.6 Å². The van der Waals surface area contributed by atoms with E-state index in [9.17, 15) is 0 Å². The van der Waals surface area contributed by atoms with Crippen molar-refractivity contribution in [1.29, 1.82) is 0 Å². The van der Waals surface area contributed by atoms with Gasteiger partial charge >= 0.3 is 9.05 Å². The first-order valence-corrected chi connectivity index (χ1v) is 15.8. The summed E-state index contributed by atoms with van der Waals surface area (Å²) in [6, 6.07) is 0. The Morgan fingerprint density at radius 3 is 0.697 bits per heavy atom. The molecule has 0 bridgehead atoms. The van der Waals surface area contributed by atoms with Crippen molar-refractivity contribution in [2.24, 2.45) is 0 Å². The Morgan fingerprint density at radius 1 is 0.364 bits per heavy atom. The highest BCUT2D eigenvalue weighted by Gasteiger charge is 2.46. The lowest BCUT2D eigenvalue weighted by molar-refractivity contribution is -0.0372. The molecule has 0 radical (unpaired) electrons. The van der Waals surface area contributed by atoms with Gasteiger partial charge in [-0.25, -0.2) is 0 Å². The van der Waals surface area contributed by atoms with Crippen LogP contribution in [0, 0.1) is 0 Å². The van der Waals surface area contributed by atoms with Crippen LogP contribution >= 0.6 is 139 Å². The quantitative estimate of drug-likeness (QED) is 0.0900. The second-order valence-corrected chi connectivity index (χ2v) is 19.0. The van der Waals surface area contributed by atoms with E-state index < -0.39 is 24.2 Å². The van der Waals surface area contributed by atoms with E-state index in [1.54, 1.807) is 0 Å². The van der Waals surface area contributed by atoms with Gasteiger partial charge in [0.15, 0.2) is 15.2 Å². The minimum Gasteiger partial charge on any atom is -0.351 e. The normalized spacial score (nSPS) is 14.2. The molecule has 0 amide bonds. The number of halogens is 12. The molecule has 0 heterocycles. The average Bonchev–Trinajstić information content (AvgIpc) is 2.60. The minimum atomic E-state index is -3.70. The molecular formula is C16H24Cl12O4Si. The van der Waals surface area contributed by atoms with Crippen LogP contribution in [0.15, 0.2) is 0 Å². The molecule has 0 aliphatic rings. The molecule has 0 atom stereocenters. The maximum atomic E-state index is 5.92. The first-order valence-electron chi connectivity index (χ1n) is 9.65. The molecule has 0 aromatic heterocycles. The average molecular weight is 734 g/mol. The third-order valence-electron chi connectivity index (χ3n) is 3.53. The smallest absolute Gasteiger partial charge is 0.351 e. The molecule has 0 spiro atoms. The van der Waals surface area contributed by atoms with Gasteiger partial charge < -0.3 is 17.7 Å². The molecule has 0 rings (SSSR count). The third-order valence-corrected chi connectivity index (χ3v) is 8.03. The van der Waals surface area contributed by atoms with Gasteiger partial charge in [0.05, 0.1) is 0 Å². The van der Waals surface area contributed by atoms with Gasteiger partial charge in [0.2, 0.25) is 0 Å². The highest BCUT2D eigenvalue weighted by Crippen LogP contribution is 2.34. The van der Waals surface area contributed by atoms with Crippen molar-refractivity contribution in [1.82, 2.24) is 0 Å². The van der Waals surface area contributed by atoms with Gasteiger partial charge in [-0.3, -0.25) is 0 Å². The van der Waals surface area contributed by atoms with E-state index in [-0.39, 0.29) is 52.1 Å². The van der Waals surface area contributed by atoms with E-state index in [0.717, 1.165) is 0 Å². The lowest BCUT2D eigenvalue weighted by Gasteiger charge is -2.29. The molecule has 0 N–H and O–H groups in total. The summed E-state index contributed by atoms with van der Waals surface area (Å²) in [4.78, 5) is 0. The van der Waals surface area contributed by atoms with Crippen molar-refractivity contribution in [3.8, 4) is 0 Å². The molecule has 0 saturated heterocycles. The molecule has 33 heavy (non-hydrogen) atoms. The zero-order chi connectivity index (χ0) is 25.8. The van der Waals surface area contributed by atoms with Gasteiger partial charge in [-0.1, -0.05) is 139 Å². The molecule has 0 aromatic carbocycles. The molecule has 17 heteroatoms. The molecule has 0 aliphatic carbocycles. The fraction of sp³-hybridized carbons (Fsp3) is 1.00. The van der Waals surface area contributed by atoms with E-state index in [1.807, 2.05) is 0 Å². The van der Waals surface area contributed by atoms with Crippen LogP contribution in [0.2, 0.25) is 0 Å². The van der Waals surface area contributed by atoms with Crippen molar-refractivity contribution in [3.05, 3.63) is 0 Å². The van der Waals surface area contributed by atoms with Crippen LogP contribution in [0.25, 0.3) is 0 Å². The molecule has 0 unspecified atom stereocenters. The van der Waals surface area contributed by atoms with Gasteiger partial charge in [0.1, 0.15) is 0 Å². The van der Waals surface area contributed by atoms with Gasteiger partial charge in [0, 0.05) is 26.4 Å². The Bertz CT molecular complexity index is 426. The second kappa shape index (κ2) is 17.3. The number of alkyl halides is 12. The van der Waals surface area contributed by atoms with E-state index in [2.05, 4.69) is 0 Å². The summed E-state index contributed by atoms with van der Waals surface area (Å²) in [7, 11) is -3.70. The summed E-state index contributed by atoms with van der Waals surface area (Å²) in [5.41, 5.74) is 0. The van der Waals surface area contributed by atoms with Gasteiger partial charge in [-0.2, -0.15) is 0 Å². The highest BCUT2D eigenvalue weighted by atomic mass is 35.6. The van der Waals surface area contributed by atoms with Crippen molar-refractivity contribution >= 4 is 148 Å². The molecule has 0 aliphatic heterocycles. The van der Waals surface area contributed by atoms with Crippen molar-refractivity contribution in [2.75, 3.05) is 26.4 Å². The maximum absolute atomic E-state index is 5.92. The molecule has 4 nitrogen and oxygen atoms in total. The summed E-state index contributed by atoms with van der Waals surface area (Å²) >= 11 is 69.6. The fourth-order valence-corrected chi connectivity index (χ4v) is 5.81. The Hall–Kier alpha value is 3.54. The Morgan fingerprint density at radius 2 is 0.545 bits per heavy atom. The predicted octanol–water partition coefficient (Wildman–Crippen LogP) is 10.1. The molecule has 200 valence electrons. The van der Waals surface area contributed by atoms with Crippen LogP contribution in [0.3, 0.4) is 0 Å². The standard InChI is InChI=1S/C16H24Cl12O4Si/c17-13(18,19)5-1-9-29-33(30-10-2-6-14(20,21)22,31-11-3-7-15(23,24)25)32-12-4-8-16(26,27)28/h1-12H2. The van der Waals surface area contributed by atoms with Gasteiger partial charge in [-0.05, 0) is 51.4 Å². The van der Waals surface area contributed by atoms with E-state index in [4.69, 9.17) is 157 Å². The highest BCUT2D eigenvalue weighted by molar-refractivity contribution is 6.68. The summed E-state index contributed by atoms with van der Waals surface area (Å²) in [6.07, 6.45) is 2.59. The Balaban J connectivity index is 5.17. The van der Waals surface area contributed by atoms with Crippen LogP contribution in [0.1, 0.15) is 51.4 Å². The fourth-order valence-electron chi connectivity index (χ4n) is 2.13. The van der Waals surface area contributed by atoms with Crippen LogP contribution in [0.5, 0.6) is 0 Å². The zero-order valence-corrected chi connectivity index (χ0v) is 27.2. The lowest BCUT2D eigenvalue weighted by atomic mass is 10.3. The monoisotopic (exact) mass is 728 g/mol. The van der Waals surface area contributed by atoms with E-state index in [1.165, 1.54) is 0 Å². The van der Waals surface area contributed by atoms with Crippen molar-refractivity contribution in [2.45, 2.75) is 66.5 Å². The summed E-state index contributed by atoms with van der Waals surface area (Å²) in [6.45, 7) is 0.554. The molecular weight excluding hydrogens is 710 g/mol. The maximum Gasteiger partial charge on any atom is 0.679 e. The van der Waals surface area contributed by atoms with Crippen molar-refractivity contribution < 1.29 is 17.7 Å². The zero-order valence-electron chi connectivity index (χ0n) is 17.2. The molecule has 0 saturated carbocycles. The Kier molecular flexibility index (Phi) is 19.1. The number of hydrogen-bond acceptors (Lipinski definition) is 4. The summed E-state index contributed by atoms with van der Waals surface area (Å²) in [5.74, 6) is 0. The van der Waals surface area contributed by atoms with E-state index >= 15 is 0 Å². The summed E-state index contributed by atoms with van der Waals surface area (Å²) in [5, 5.41) is 0. The van der Waals surface area contributed by atoms with Crippen LogP contribution in [-0.2, 0) is 17.7 Å². The Labute approximate surface area is 256 Å². The van der Waals surface area contributed by atoms with Crippen molar-refractivity contribution in [3.63, 3.8) is 0 Å². The topological polar surface area (TPSA) is 36.9 Å². The van der Waals surface area contributed by atoms with Crippen LogP contribution < -0.4 is 0 Å². The van der Waals surface area contributed by atoms with Crippen LogP contribution in [0.4, 0.5) is 0 Å². The second-order valence-electron chi connectivity index (χ2n) is 6.77. The first-order chi connectivity index (χ1) is 14.8. The lowest BCUT2D eigenvalue weighted by Crippen LogP contribution is -2.50. The number of rotatable bonds is 16. The van der Waals surface area contributed by atoms with Gasteiger partial charge in [-0.15, -0.1) is 0 Å². The first kappa shape index (κ1) is 36.5. The SMILES string of the molecule is ClC(Cl)(Cl)CCCO[Si](OCCCC(Cl)(Cl)Cl)(OCCCC(Cl)(Cl)Cl)OCCCC(Cl)(Cl)Cl. The molecule has 0 fully saturated rings. The minimum absolute atomic E-state index is 0.138. The summed E-state index contributed by atoms with van der Waals surface area (Å²) < 4.78 is 18.0.